The minimum absolute atomic E-state index is 0.0889. The van der Waals surface area contributed by atoms with Gasteiger partial charge in [0.2, 0.25) is 0 Å². The number of aromatic hydroxyl groups is 1. The summed E-state index contributed by atoms with van der Waals surface area (Å²) in [7, 11) is 0. The van der Waals surface area contributed by atoms with Crippen LogP contribution in [0, 0.1) is 10.8 Å². The summed E-state index contributed by atoms with van der Waals surface area (Å²) in [4.78, 5) is 0. The molecule has 0 aromatic heterocycles. The van der Waals surface area contributed by atoms with E-state index in [0.29, 0.717) is 16.5 Å². The van der Waals surface area contributed by atoms with Crippen LogP contribution in [0.15, 0.2) is 12.1 Å². The fourth-order valence-corrected chi connectivity index (χ4v) is 1.40. The van der Waals surface area contributed by atoms with E-state index in [9.17, 15) is 5.11 Å². The zero-order valence-corrected chi connectivity index (χ0v) is 6.83. The standard InChI is InChI=1S/C10H8N2O/c11-5-7-2-1-6-3-8(12)4-9(6)10(7)13/h1-5,11-13H. The summed E-state index contributed by atoms with van der Waals surface area (Å²) in [5.41, 5.74) is 0.866. The monoisotopic (exact) mass is 172 g/mol. The number of benzene rings is 1. The molecule has 2 rings (SSSR count). The van der Waals surface area contributed by atoms with Gasteiger partial charge >= 0.3 is 0 Å². The van der Waals surface area contributed by atoms with Gasteiger partial charge in [-0.25, -0.2) is 0 Å². The number of phenolic OH excluding ortho intramolecular Hbond substituents is 1. The quantitative estimate of drug-likeness (QED) is 0.512. The molecule has 0 fully saturated rings. The average molecular weight is 172 g/mol. The lowest BCUT2D eigenvalue weighted by Gasteiger charge is -1.96. The molecule has 0 bridgehead atoms. The van der Waals surface area contributed by atoms with Crippen molar-refractivity contribution in [2.75, 3.05) is 0 Å². The van der Waals surface area contributed by atoms with Gasteiger partial charge in [0, 0.05) is 17.0 Å². The zero-order valence-electron chi connectivity index (χ0n) is 6.83. The van der Waals surface area contributed by atoms with Gasteiger partial charge in [-0.15, -0.1) is 0 Å². The summed E-state index contributed by atoms with van der Waals surface area (Å²) in [6.07, 6.45) is 4.38. The molecule has 0 atom stereocenters. The van der Waals surface area contributed by atoms with E-state index in [1.54, 1.807) is 24.3 Å². The first-order valence-corrected chi connectivity index (χ1v) is 3.87. The van der Waals surface area contributed by atoms with Gasteiger partial charge in [0.05, 0.1) is 5.71 Å². The van der Waals surface area contributed by atoms with E-state index in [2.05, 4.69) is 0 Å². The third-order valence-corrected chi connectivity index (χ3v) is 2.05. The number of phenols is 1. The summed E-state index contributed by atoms with van der Waals surface area (Å²) in [5.74, 6) is 0.0889. The van der Waals surface area contributed by atoms with Gasteiger partial charge in [-0.2, -0.15) is 0 Å². The van der Waals surface area contributed by atoms with Crippen LogP contribution in [0.4, 0.5) is 0 Å². The molecule has 1 aliphatic carbocycles. The van der Waals surface area contributed by atoms with Crippen molar-refractivity contribution in [2.45, 2.75) is 0 Å². The molecule has 3 heteroatoms. The highest BCUT2D eigenvalue weighted by Gasteiger charge is 2.05. The van der Waals surface area contributed by atoms with Crippen molar-refractivity contribution in [1.29, 1.82) is 10.8 Å². The Morgan fingerprint density at radius 2 is 2.00 bits per heavy atom. The Kier molecular flexibility index (Phi) is 1.52. The Morgan fingerprint density at radius 3 is 2.69 bits per heavy atom. The summed E-state index contributed by atoms with van der Waals surface area (Å²) < 4.78 is 0. The minimum Gasteiger partial charge on any atom is -0.507 e. The van der Waals surface area contributed by atoms with E-state index < -0.39 is 0 Å². The zero-order chi connectivity index (χ0) is 9.42. The van der Waals surface area contributed by atoms with Gasteiger partial charge in [-0.1, -0.05) is 6.07 Å². The highest BCUT2D eigenvalue weighted by atomic mass is 16.3. The van der Waals surface area contributed by atoms with Crippen molar-refractivity contribution in [3.05, 3.63) is 28.1 Å². The molecule has 0 radical (unpaired) electrons. The molecule has 0 saturated carbocycles. The summed E-state index contributed by atoms with van der Waals surface area (Å²) in [5, 5.41) is 25.5. The van der Waals surface area contributed by atoms with Crippen LogP contribution in [-0.4, -0.2) is 17.0 Å². The largest absolute Gasteiger partial charge is 0.507 e. The van der Waals surface area contributed by atoms with Gasteiger partial charge in [-0.05, 0) is 23.4 Å². The van der Waals surface area contributed by atoms with E-state index in [1.807, 2.05) is 0 Å². The van der Waals surface area contributed by atoms with Gasteiger partial charge < -0.3 is 15.9 Å². The van der Waals surface area contributed by atoms with Crippen molar-refractivity contribution in [2.24, 2.45) is 0 Å². The van der Waals surface area contributed by atoms with Crippen molar-refractivity contribution < 1.29 is 5.11 Å². The fraction of sp³-hybridized carbons (Fsp3) is 0. The molecular formula is C10H8N2O. The third-order valence-electron chi connectivity index (χ3n) is 2.05. The number of hydrogen-bond acceptors (Lipinski definition) is 3. The molecule has 0 heterocycles. The lowest BCUT2D eigenvalue weighted by atomic mass is 10.1. The number of nitrogens with one attached hydrogen (secondary N) is 2. The van der Waals surface area contributed by atoms with Gasteiger partial charge in [0.25, 0.3) is 0 Å². The molecule has 3 nitrogen and oxygen atoms in total. The van der Waals surface area contributed by atoms with Crippen LogP contribution in [0.1, 0.15) is 5.56 Å². The fourth-order valence-electron chi connectivity index (χ4n) is 1.40. The Balaban J connectivity index is 2.91. The van der Waals surface area contributed by atoms with Gasteiger partial charge in [0.15, 0.2) is 0 Å². The van der Waals surface area contributed by atoms with Crippen LogP contribution < -0.4 is 10.4 Å². The molecule has 0 amide bonds. The normalized spacial score (nSPS) is 13.1. The lowest BCUT2D eigenvalue weighted by molar-refractivity contribution is 0.469. The number of fused-ring (bicyclic) bond motifs is 1. The van der Waals surface area contributed by atoms with E-state index in [4.69, 9.17) is 10.8 Å². The second kappa shape index (κ2) is 2.55. The molecule has 13 heavy (non-hydrogen) atoms. The molecule has 64 valence electrons. The van der Waals surface area contributed by atoms with E-state index in [-0.39, 0.29) is 5.75 Å². The topological polar surface area (TPSA) is 67.9 Å². The Labute approximate surface area is 74.7 Å². The van der Waals surface area contributed by atoms with Gasteiger partial charge in [-0.3, -0.25) is 0 Å². The van der Waals surface area contributed by atoms with Crippen LogP contribution in [0.5, 0.6) is 5.75 Å². The number of hydrogen-bond donors (Lipinski definition) is 3. The SMILES string of the molecule is N=Cc1ccc2c(c1O)=CC(=N)C=2. The van der Waals surface area contributed by atoms with E-state index in [1.165, 1.54) is 0 Å². The Bertz CT molecular complexity index is 514. The number of rotatable bonds is 1. The smallest absolute Gasteiger partial charge is 0.132 e. The summed E-state index contributed by atoms with van der Waals surface area (Å²) in [6, 6.07) is 3.47. The predicted molar refractivity (Wildman–Crippen MR) is 51.9 cm³/mol. The highest BCUT2D eigenvalue weighted by molar-refractivity contribution is 6.28. The van der Waals surface area contributed by atoms with Crippen LogP contribution in [-0.2, 0) is 0 Å². The molecule has 3 N–H and O–H groups in total. The maximum absolute atomic E-state index is 9.63. The van der Waals surface area contributed by atoms with Crippen molar-refractivity contribution in [1.82, 2.24) is 0 Å². The van der Waals surface area contributed by atoms with Crippen LogP contribution in [0.2, 0.25) is 0 Å². The third kappa shape index (κ3) is 1.05. The predicted octanol–water partition coefficient (Wildman–Crippen LogP) is -0.0158. The molecule has 0 saturated heterocycles. The van der Waals surface area contributed by atoms with Crippen LogP contribution >= 0.6 is 0 Å². The van der Waals surface area contributed by atoms with Crippen LogP contribution in [0.3, 0.4) is 0 Å². The first kappa shape index (κ1) is 7.73. The van der Waals surface area contributed by atoms with E-state index >= 15 is 0 Å². The summed E-state index contributed by atoms with van der Waals surface area (Å²) >= 11 is 0. The average Bonchev–Trinajstić information content (AvgIpc) is 2.47. The first-order chi connectivity index (χ1) is 6.22. The van der Waals surface area contributed by atoms with Crippen molar-refractivity contribution in [3.8, 4) is 5.75 Å². The summed E-state index contributed by atoms with van der Waals surface area (Å²) in [6.45, 7) is 0. The molecule has 0 aliphatic heterocycles. The minimum atomic E-state index is 0.0889. The highest BCUT2D eigenvalue weighted by Crippen LogP contribution is 2.06. The van der Waals surface area contributed by atoms with Crippen LogP contribution in [0.25, 0.3) is 12.2 Å². The first-order valence-electron chi connectivity index (χ1n) is 3.87. The lowest BCUT2D eigenvalue weighted by Crippen LogP contribution is -2.22. The molecule has 1 aromatic rings. The maximum Gasteiger partial charge on any atom is 0.132 e. The molecule has 1 aromatic carbocycles. The van der Waals surface area contributed by atoms with Crippen molar-refractivity contribution in [3.63, 3.8) is 0 Å². The molecular weight excluding hydrogens is 164 g/mol. The van der Waals surface area contributed by atoms with Gasteiger partial charge in [0.1, 0.15) is 5.75 Å². The molecule has 0 unspecified atom stereocenters. The maximum atomic E-state index is 9.63. The molecule has 0 spiro atoms. The second-order valence-corrected chi connectivity index (χ2v) is 2.89. The Morgan fingerprint density at radius 1 is 1.23 bits per heavy atom. The van der Waals surface area contributed by atoms with E-state index in [0.717, 1.165) is 11.4 Å². The molecule has 1 aliphatic rings. The Hall–Kier alpha value is -1.90. The van der Waals surface area contributed by atoms with Crippen molar-refractivity contribution >= 4 is 24.1 Å². The second-order valence-electron chi connectivity index (χ2n) is 2.89.